The number of hydrogen-bond acceptors (Lipinski definition) is 2. The predicted molar refractivity (Wildman–Crippen MR) is 45.9 cm³/mol. The first-order valence-electron chi connectivity index (χ1n) is 3.19. The number of aliphatic carboxylic acids is 1. The molecule has 1 rings (SSSR count). The molecule has 0 saturated carbocycles. The van der Waals surface area contributed by atoms with Crippen molar-refractivity contribution in [3.8, 4) is 0 Å². The fraction of sp³-hybridized carbons (Fsp3) is 0. The zero-order valence-corrected chi connectivity index (χ0v) is 6.80. The summed E-state index contributed by atoms with van der Waals surface area (Å²) in [6.07, 6.45) is 0. The molecule has 12 heavy (non-hydrogen) atoms. The molecule has 0 amide bonds. The van der Waals surface area contributed by atoms with Crippen LogP contribution in [-0.2, 0) is 4.79 Å². The van der Waals surface area contributed by atoms with Gasteiger partial charge in [0.15, 0.2) is 0 Å². The number of carboxylic acids is 1. The third kappa shape index (κ3) is 1.83. The predicted octanol–water partition coefficient (Wildman–Crippen LogP) is 1.79. The summed E-state index contributed by atoms with van der Waals surface area (Å²) in [7, 11) is 0. The van der Waals surface area contributed by atoms with Crippen LogP contribution in [-0.4, -0.2) is 16.8 Å². The van der Waals surface area contributed by atoms with E-state index in [0.717, 1.165) is 0 Å². The summed E-state index contributed by atoms with van der Waals surface area (Å²) in [5.41, 5.74) is -0.132. The first kappa shape index (κ1) is 8.74. The maximum Gasteiger partial charge on any atom is 0.354 e. The quantitative estimate of drug-likeness (QED) is 0.687. The van der Waals surface area contributed by atoms with Crippen LogP contribution in [0.5, 0.6) is 0 Å². The molecule has 2 N–H and O–H groups in total. The Bertz CT molecular complexity index is 336. The molecule has 0 saturated heterocycles. The molecular weight excluding hydrogens is 178 g/mol. The number of carboxylic acid groups (broad SMARTS) is 1. The maximum absolute atomic E-state index is 10.3. The monoisotopic (exact) mass is 183 g/mol. The van der Waals surface area contributed by atoms with E-state index < -0.39 is 11.7 Å². The molecule has 4 heteroatoms. The van der Waals surface area contributed by atoms with Crippen molar-refractivity contribution in [2.75, 3.05) is 0 Å². The minimum atomic E-state index is -1.25. The average molecular weight is 184 g/mol. The van der Waals surface area contributed by atoms with Crippen molar-refractivity contribution in [2.45, 2.75) is 0 Å². The van der Waals surface area contributed by atoms with Gasteiger partial charge < -0.3 is 5.11 Å². The molecule has 0 spiro atoms. The van der Waals surface area contributed by atoms with E-state index >= 15 is 0 Å². The van der Waals surface area contributed by atoms with Crippen LogP contribution in [0, 0.1) is 5.41 Å². The third-order valence-electron chi connectivity index (χ3n) is 1.33. The molecule has 0 radical (unpaired) electrons. The van der Waals surface area contributed by atoms with Gasteiger partial charge in [0.1, 0.15) is 5.71 Å². The van der Waals surface area contributed by atoms with Crippen molar-refractivity contribution in [3.63, 3.8) is 0 Å². The number of rotatable bonds is 2. The smallest absolute Gasteiger partial charge is 0.354 e. The van der Waals surface area contributed by atoms with Crippen LogP contribution in [0.25, 0.3) is 0 Å². The highest BCUT2D eigenvalue weighted by Gasteiger charge is 2.08. The van der Waals surface area contributed by atoms with Gasteiger partial charge in [-0.05, 0) is 12.1 Å². The van der Waals surface area contributed by atoms with Gasteiger partial charge in [0.05, 0.1) is 0 Å². The van der Waals surface area contributed by atoms with Crippen molar-refractivity contribution >= 4 is 23.3 Å². The highest BCUT2D eigenvalue weighted by atomic mass is 35.5. The van der Waals surface area contributed by atoms with Gasteiger partial charge >= 0.3 is 5.97 Å². The normalized spacial score (nSPS) is 9.42. The first-order chi connectivity index (χ1) is 5.61. The molecule has 0 aliphatic carbocycles. The van der Waals surface area contributed by atoms with Gasteiger partial charge in [-0.15, -0.1) is 0 Å². The average Bonchev–Trinajstić information content (AvgIpc) is 2.03. The number of hydrogen-bond donors (Lipinski definition) is 2. The SMILES string of the molecule is N=C(C(=O)O)c1cccc(Cl)c1. The van der Waals surface area contributed by atoms with E-state index in [1.807, 2.05) is 0 Å². The minimum absolute atomic E-state index is 0.315. The van der Waals surface area contributed by atoms with Crippen LogP contribution in [0.15, 0.2) is 24.3 Å². The highest BCUT2D eigenvalue weighted by molar-refractivity contribution is 6.41. The number of carbonyl (C=O) groups is 1. The number of benzene rings is 1. The molecule has 0 bridgehead atoms. The van der Waals surface area contributed by atoms with Crippen LogP contribution in [0.1, 0.15) is 5.56 Å². The van der Waals surface area contributed by atoms with E-state index in [9.17, 15) is 4.79 Å². The Hall–Kier alpha value is -1.35. The van der Waals surface area contributed by atoms with E-state index in [2.05, 4.69) is 0 Å². The Balaban J connectivity index is 3.04. The summed E-state index contributed by atoms with van der Waals surface area (Å²) in [6.45, 7) is 0. The summed E-state index contributed by atoms with van der Waals surface area (Å²) in [5, 5.41) is 16.0. The Morgan fingerprint density at radius 3 is 2.67 bits per heavy atom. The lowest BCUT2D eigenvalue weighted by Gasteiger charge is -1.97. The standard InChI is InChI=1S/C8H6ClNO2/c9-6-3-1-2-5(4-6)7(10)8(11)12/h1-4,10H,(H,11,12). The van der Waals surface area contributed by atoms with Crippen LogP contribution >= 0.6 is 11.6 Å². The summed E-state index contributed by atoms with van der Waals surface area (Å²) in [6, 6.07) is 6.20. The van der Waals surface area contributed by atoms with Gasteiger partial charge in [0.2, 0.25) is 0 Å². The number of nitrogens with one attached hydrogen (secondary N) is 1. The molecule has 0 aliphatic rings. The Morgan fingerprint density at radius 2 is 2.17 bits per heavy atom. The van der Waals surface area contributed by atoms with Crippen LogP contribution in [0.3, 0.4) is 0 Å². The first-order valence-corrected chi connectivity index (χ1v) is 3.57. The summed E-state index contributed by atoms with van der Waals surface area (Å²) in [5.74, 6) is -1.25. The van der Waals surface area contributed by atoms with E-state index in [4.69, 9.17) is 22.1 Å². The second-order valence-electron chi connectivity index (χ2n) is 2.19. The molecule has 0 aromatic heterocycles. The van der Waals surface area contributed by atoms with Crippen LogP contribution < -0.4 is 0 Å². The summed E-state index contributed by atoms with van der Waals surface area (Å²) >= 11 is 5.60. The summed E-state index contributed by atoms with van der Waals surface area (Å²) < 4.78 is 0. The second-order valence-corrected chi connectivity index (χ2v) is 2.63. The van der Waals surface area contributed by atoms with Crippen LogP contribution in [0.4, 0.5) is 0 Å². The molecule has 62 valence electrons. The second kappa shape index (κ2) is 3.36. The molecule has 0 aliphatic heterocycles. The Kier molecular flexibility index (Phi) is 2.45. The van der Waals surface area contributed by atoms with Gasteiger partial charge in [0.25, 0.3) is 0 Å². The van der Waals surface area contributed by atoms with Gasteiger partial charge in [-0.2, -0.15) is 0 Å². The molecular formula is C8H6ClNO2. The minimum Gasteiger partial charge on any atom is -0.477 e. The van der Waals surface area contributed by atoms with E-state index in [0.29, 0.717) is 10.6 Å². The molecule has 0 fully saturated rings. The van der Waals surface area contributed by atoms with Gasteiger partial charge in [-0.1, -0.05) is 23.7 Å². The van der Waals surface area contributed by atoms with Crippen LogP contribution in [0.2, 0.25) is 5.02 Å². The Labute approximate surface area is 74.1 Å². The lowest BCUT2D eigenvalue weighted by atomic mass is 10.1. The fourth-order valence-corrected chi connectivity index (χ4v) is 0.958. The van der Waals surface area contributed by atoms with E-state index in [1.165, 1.54) is 12.1 Å². The number of halogens is 1. The molecule has 1 aromatic rings. The molecule has 1 aromatic carbocycles. The van der Waals surface area contributed by atoms with Gasteiger partial charge in [-0.25, -0.2) is 4.79 Å². The van der Waals surface area contributed by atoms with Crippen molar-refractivity contribution < 1.29 is 9.90 Å². The van der Waals surface area contributed by atoms with Gasteiger partial charge in [0, 0.05) is 10.6 Å². The lowest BCUT2D eigenvalue weighted by Crippen LogP contribution is -2.12. The van der Waals surface area contributed by atoms with Crippen molar-refractivity contribution in [1.82, 2.24) is 0 Å². The summed E-state index contributed by atoms with van der Waals surface area (Å²) in [4.78, 5) is 10.3. The largest absolute Gasteiger partial charge is 0.477 e. The van der Waals surface area contributed by atoms with E-state index in [-0.39, 0.29) is 0 Å². The highest BCUT2D eigenvalue weighted by Crippen LogP contribution is 2.10. The lowest BCUT2D eigenvalue weighted by molar-refractivity contribution is -0.129. The fourth-order valence-electron chi connectivity index (χ4n) is 0.767. The molecule has 0 heterocycles. The van der Waals surface area contributed by atoms with Crippen molar-refractivity contribution in [1.29, 1.82) is 5.41 Å². The Morgan fingerprint density at radius 1 is 1.50 bits per heavy atom. The third-order valence-corrected chi connectivity index (χ3v) is 1.56. The zero-order chi connectivity index (χ0) is 9.14. The molecule has 0 unspecified atom stereocenters. The molecule has 0 atom stereocenters. The van der Waals surface area contributed by atoms with Crippen molar-refractivity contribution in [3.05, 3.63) is 34.9 Å². The molecule has 3 nitrogen and oxygen atoms in total. The maximum atomic E-state index is 10.3. The van der Waals surface area contributed by atoms with Gasteiger partial charge in [-0.3, -0.25) is 5.41 Å². The van der Waals surface area contributed by atoms with E-state index in [1.54, 1.807) is 12.1 Å². The van der Waals surface area contributed by atoms with Crippen molar-refractivity contribution in [2.24, 2.45) is 0 Å². The topological polar surface area (TPSA) is 61.2 Å². The zero-order valence-electron chi connectivity index (χ0n) is 6.04.